The Morgan fingerprint density at radius 3 is 2.28 bits per heavy atom. The number of hydrogen-bond acceptors (Lipinski definition) is 4. The predicted octanol–water partition coefficient (Wildman–Crippen LogP) is -2.20. The van der Waals surface area contributed by atoms with E-state index in [0.29, 0.717) is 0 Å². The monoisotopic (exact) mass is 349 g/mol. The van der Waals surface area contributed by atoms with Crippen molar-refractivity contribution in [3.8, 4) is 0 Å². The maximum absolute atomic E-state index is 12.0. The normalized spacial score (nSPS) is 11.2. The van der Waals surface area contributed by atoms with Crippen molar-refractivity contribution in [1.29, 1.82) is 0 Å². The molecule has 0 aliphatic rings. The Hall–Kier alpha value is -1.66. The molecule has 0 aromatic heterocycles. The van der Waals surface area contributed by atoms with Gasteiger partial charge in [-0.25, -0.2) is 0 Å². The Labute approximate surface area is 169 Å². The van der Waals surface area contributed by atoms with E-state index in [-0.39, 0.29) is 61.5 Å². The van der Waals surface area contributed by atoms with Gasteiger partial charge in [0, 0.05) is 24.9 Å². The molecular formula is C19H20NNaO4. The predicted molar refractivity (Wildman–Crippen MR) is 87.5 cm³/mol. The summed E-state index contributed by atoms with van der Waals surface area (Å²) in [5.41, 5.74) is 2.47. The number of hydrogen-bond donors (Lipinski definition) is 2. The van der Waals surface area contributed by atoms with Crippen LogP contribution in [-0.2, 0) is 29.2 Å². The van der Waals surface area contributed by atoms with Crippen LogP contribution in [0.1, 0.15) is 23.1 Å². The third-order valence-electron chi connectivity index (χ3n) is 3.75. The van der Waals surface area contributed by atoms with Crippen LogP contribution in [0.4, 0.5) is 0 Å². The molecule has 1 amide bonds. The summed E-state index contributed by atoms with van der Waals surface area (Å²) >= 11 is 0. The molecule has 126 valence electrons. The van der Waals surface area contributed by atoms with Crippen molar-refractivity contribution >= 4 is 11.9 Å². The quantitative estimate of drug-likeness (QED) is 0.529. The van der Waals surface area contributed by atoms with Crippen molar-refractivity contribution in [2.45, 2.75) is 26.0 Å². The van der Waals surface area contributed by atoms with Gasteiger partial charge in [-0.1, -0.05) is 54.6 Å². The zero-order valence-electron chi connectivity index (χ0n) is 14.3. The average molecular weight is 349 g/mol. The van der Waals surface area contributed by atoms with Crippen LogP contribution in [0.15, 0.2) is 54.6 Å². The van der Waals surface area contributed by atoms with Crippen LogP contribution in [0.25, 0.3) is 0 Å². The minimum absolute atomic E-state index is 0. The first kappa shape index (κ1) is 21.4. The Bertz CT molecular complexity index is 691. The first-order valence-corrected chi connectivity index (χ1v) is 7.78. The number of aliphatic hydroxyl groups is 1. The number of carbonyl (C=O) groups excluding carboxylic acids is 2. The van der Waals surface area contributed by atoms with Crippen LogP contribution in [-0.4, -0.2) is 17.0 Å². The van der Waals surface area contributed by atoms with E-state index in [1.165, 1.54) is 0 Å². The van der Waals surface area contributed by atoms with Gasteiger partial charge in [0.05, 0.1) is 6.61 Å². The van der Waals surface area contributed by atoms with Gasteiger partial charge in [0.15, 0.2) is 0 Å². The summed E-state index contributed by atoms with van der Waals surface area (Å²) in [6, 6.07) is 16.4. The number of carboxylic acids is 1. The number of nitrogens with one attached hydrogen (secondary N) is 1. The van der Waals surface area contributed by atoms with E-state index in [1.54, 1.807) is 18.2 Å². The Morgan fingerprint density at radius 1 is 1.00 bits per heavy atom. The van der Waals surface area contributed by atoms with Crippen molar-refractivity contribution < 1.29 is 49.4 Å². The molecular weight excluding hydrogens is 329 g/mol. The van der Waals surface area contributed by atoms with Gasteiger partial charge in [-0.05, 0) is 23.1 Å². The molecule has 2 rings (SSSR count). The standard InChI is InChI=1S/C19H21NO4.Na/c21-13-16-8-4-7-15(9-16)12-20-18(22)11-17(19(23)24)10-14-5-2-1-3-6-14;/h1-9,17,21H,10-13H2,(H,20,22)(H,23,24);/q;+1/p-1. The van der Waals surface area contributed by atoms with Crippen LogP contribution >= 0.6 is 0 Å². The maximum atomic E-state index is 12.0. The molecule has 1 unspecified atom stereocenters. The van der Waals surface area contributed by atoms with Crippen molar-refractivity contribution in [3.05, 3.63) is 71.3 Å². The molecule has 2 aromatic carbocycles. The van der Waals surface area contributed by atoms with Crippen molar-refractivity contribution in [1.82, 2.24) is 5.32 Å². The minimum atomic E-state index is -1.23. The summed E-state index contributed by atoms with van der Waals surface area (Å²) in [4.78, 5) is 23.3. The fourth-order valence-electron chi connectivity index (χ4n) is 2.47. The number of carbonyl (C=O) groups is 2. The summed E-state index contributed by atoms with van der Waals surface area (Å²) in [7, 11) is 0. The number of carboxylic acid groups (broad SMARTS) is 1. The molecule has 0 aliphatic heterocycles. The molecule has 0 aliphatic carbocycles. The molecule has 0 saturated heterocycles. The molecule has 25 heavy (non-hydrogen) atoms. The van der Waals surface area contributed by atoms with E-state index in [4.69, 9.17) is 5.11 Å². The topological polar surface area (TPSA) is 89.5 Å². The summed E-state index contributed by atoms with van der Waals surface area (Å²) in [5, 5.41) is 23.1. The molecule has 0 saturated carbocycles. The first-order chi connectivity index (χ1) is 11.6. The Morgan fingerprint density at radius 2 is 1.64 bits per heavy atom. The summed E-state index contributed by atoms with van der Waals surface area (Å²) in [6.45, 7) is 0.226. The number of benzene rings is 2. The molecule has 0 fully saturated rings. The fraction of sp³-hybridized carbons (Fsp3) is 0.263. The van der Waals surface area contributed by atoms with Crippen LogP contribution in [0.5, 0.6) is 0 Å². The van der Waals surface area contributed by atoms with Crippen LogP contribution in [0, 0.1) is 5.92 Å². The van der Waals surface area contributed by atoms with E-state index >= 15 is 0 Å². The van der Waals surface area contributed by atoms with Gasteiger partial charge < -0.3 is 20.3 Å². The second kappa shape index (κ2) is 11.1. The third-order valence-corrected chi connectivity index (χ3v) is 3.75. The van der Waals surface area contributed by atoms with Crippen molar-refractivity contribution in [2.75, 3.05) is 0 Å². The van der Waals surface area contributed by atoms with Crippen LogP contribution in [0.3, 0.4) is 0 Å². The Balaban J connectivity index is 0.00000312. The summed E-state index contributed by atoms with van der Waals surface area (Å²) in [5.74, 6) is -2.43. The smallest absolute Gasteiger partial charge is 0.550 e. The van der Waals surface area contributed by atoms with E-state index in [2.05, 4.69) is 5.32 Å². The van der Waals surface area contributed by atoms with Gasteiger partial charge >= 0.3 is 29.6 Å². The molecule has 0 bridgehead atoms. The Kier molecular flexibility index (Phi) is 9.45. The molecule has 5 nitrogen and oxygen atoms in total. The van der Waals surface area contributed by atoms with Gasteiger partial charge in [0.25, 0.3) is 0 Å². The SMILES string of the molecule is O=C(CC(Cc1ccccc1)C(=O)[O-])NCc1cccc(CO)c1.[Na+]. The van der Waals surface area contributed by atoms with Crippen LogP contribution < -0.4 is 40.0 Å². The minimum Gasteiger partial charge on any atom is -0.550 e. The van der Waals surface area contributed by atoms with Gasteiger partial charge in [0.1, 0.15) is 0 Å². The zero-order chi connectivity index (χ0) is 17.4. The molecule has 0 spiro atoms. The van der Waals surface area contributed by atoms with E-state index in [9.17, 15) is 14.7 Å². The largest absolute Gasteiger partial charge is 1.00 e. The second-order valence-electron chi connectivity index (χ2n) is 5.66. The van der Waals surface area contributed by atoms with E-state index in [1.807, 2.05) is 36.4 Å². The molecule has 2 N–H and O–H groups in total. The zero-order valence-corrected chi connectivity index (χ0v) is 16.3. The third kappa shape index (κ3) is 7.40. The average Bonchev–Trinajstić information content (AvgIpc) is 2.60. The fourth-order valence-corrected chi connectivity index (χ4v) is 2.47. The van der Waals surface area contributed by atoms with Gasteiger partial charge in [0.2, 0.25) is 5.91 Å². The summed E-state index contributed by atoms with van der Waals surface area (Å²) < 4.78 is 0. The van der Waals surface area contributed by atoms with Gasteiger partial charge in [-0.15, -0.1) is 0 Å². The van der Waals surface area contributed by atoms with Gasteiger partial charge in [-0.3, -0.25) is 4.79 Å². The molecule has 6 heteroatoms. The van der Waals surface area contributed by atoms with Crippen molar-refractivity contribution in [2.24, 2.45) is 5.92 Å². The number of amides is 1. The number of aliphatic hydroxyl groups excluding tert-OH is 1. The molecule has 0 radical (unpaired) electrons. The molecule has 2 aromatic rings. The van der Waals surface area contributed by atoms with Crippen LogP contribution in [0.2, 0.25) is 0 Å². The number of rotatable bonds is 8. The summed E-state index contributed by atoms with van der Waals surface area (Å²) in [6.07, 6.45) is 0.132. The molecule has 0 heterocycles. The first-order valence-electron chi connectivity index (χ1n) is 7.78. The van der Waals surface area contributed by atoms with Crippen molar-refractivity contribution in [3.63, 3.8) is 0 Å². The van der Waals surface area contributed by atoms with E-state index < -0.39 is 11.9 Å². The van der Waals surface area contributed by atoms with E-state index in [0.717, 1.165) is 16.7 Å². The van der Waals surface area contributed by atoms with Gasteiger partial charge in [-0.2, -0.15) is 0 Å². The second-order valence-corrected chi connectivity index (χ2v) is 5.66. The number of aliphatic carboxylic acids is 1. The molecule has 1 atom stereocenters. The maximum Gasteiger partial charge on any atom is 1.00 e.